The van der Waals surface area contributed by atoms with Crippen molar-refractivity contribution in [2.24, 2.45) is 0 Å². The first-order valence-corrected chi connectivity index (χ1v) is 6.87. The van der Waals surface area contributed by atoms with Crippen LogP contribution in [-0.4, -0.2) is 32.4 Å². The van der Waals surface area contributed by atoms with Crippen LogP contribution in [0.3, 0.4) is 0 Å². The first-order chi connectivity index (χ1) is 8.90. The van der Waals surface area contributed by atoms with Gasteiger partial charge >= 0.3 is 0 Å². The van der Waals surface area contributed by atoms with E-state index >= 15 is 0 Å². The van der Waals surface area contributed by atoms with Crippen LogP contribution in [-0.2, 0) is 22.5 Å². The third kappa shape index (κ3) is 4.09. The zero-order valence-corrected chi connectivity index (χ0v) is 11.2. The van der Waals surface area contributed by atoms with Crippen LogP contribution in [0.25, 0.3) is 0 Å². The van der Waals surface area contributed by atoms with Crippen molar-refractivity contribution in [3.8, 4) is 0 Å². The van der Waals surface area contributed by atoms with Crippen molar-refractivity contribution < 1.29 is 9.47 Å². The van der Waals surface area contributed by atoms with Crippen molar-refractivity contribution in [1.82, 2.24) is 5.32 Å². The summed E-state index contributed by atoms with van der Waals surface area (Å²) in [5.74, 6) is 0. The fourth-order valence-electron chi connectivity index (χ4n) is 1.98. The summed E-state index contributed by atoms with van der Waals surface area (Å²) < 4.78 is 10.9. The van der Waals surface area contributed by atoms with Gasteiger partial charge in [-0.25, -0.2) is 0 Å². The molecule has 0 spiro atoms. The van der Waals surface area contributed by atoms with E-state index in [1.54, 1.807) is 0 Å². The second-order valence-corrected chi connectivity index (χ2v) is 4.74. The molecule has 3 nitrogen and oxygen atoms in total. The molecule has 0 radical (unpaired) electrons. The Morgan fingerprint density at radius 1 is 1.22 bits per heavy atom. The van der Waals surface area contributed by atoms with Crippen molar-refractivity contribution in [2.45, 2.75) is 32.5 Å². The summed E-state index contributed by atoms with van der Waals surface area (Å²) in [6.45, 7) is 6.53. The van der Waals surface area contributed by atoms with Crippen LogP contribution in [0.2, 0.25) is 0 Å². The highest BCUT2D eigenvalue weighted by atomic mass is 16.6. The number of hydrogen-bond donors (Lipinski definition) is 1. The number of hydrogen-bond acceptors (Lipinski definition) is 3. The average Bonchev–Trinajstić information content (AvgIpc) is 2.34. The molecule has 0 bridgehead atoms. The molecule has 1 saturated heterocycles. The molecule has 1 fully saturated rings. The van der Waals surface area contributed by atoms with Crippen LogP contribution < -0.4 is 5.32 Å². The SMILES string of the molecule is CCCNCCc1ccccc1COC1COC1. The standard InChI is InChI=1S/C15H23NO2/c1-2-8-16-9-7-13-5-3-4-6-14(13)10-18-15-11-17-12-15/h3-6,15-16H,2,7-12H2,1H3. The van der Waals surface area contributed by atoms with Gasteiger partial charge in [-0.15, -0.1) is 0 Å². The third-order valence-corrected chi connectivity index (χ3v) is 3.20. The van der Waals surface area contributed by atoms with Gasteiger partial charge in [0.1, 0.15) is 6.10 Å². The minimum Gasteiger partial charge on any atom is -0.376 e. The number of ether oxygens (including phenoxy) is 2. The number of nitrogens with one attached hydrogen (secondary N) is 1. The van der Waals surface area contributed by atoms with Crippen LogP contribution >= 0.6 is 0 Å². The van der Waals surface area contributed by atoms with E-state index in [2.05, 4.69) is 36.5 Å². The van der Waals surface area contributed by atoms with Crippen molar-refractivity contribution in [1.29, 1.82) is 0 Å². The second-order valence-electron chi connectivity index (χ2n) is 4.74. The lowest BCUT2D eigenvalue weighted by molar-refractivity contribution is -0.135. The van der Waals surface area contributed by atoms with Gasteiger partial charge in [-0.2, -0.15) is 0 Å². The first kappa shape index (κ1) is 13.5. The molecule has 1 aliphatic rings. The minimum atomic E-state index is 0.302. The van der Waals surface area contributed by atoms with Gasteiger partial charge in [0, 0.05) is 0 Å². The average molecular weight is 249 g/mol. The molecule has 0 atom stereocenters. The van der Waals surface area contributed by atoms with Gasteiger partial charge in [0.25, 0.3) is 0 Å². The molecule has 1 aromatic carbocycles. The topological polar surface area (TPSA) is 30.5 Å². The fraction of sp³-hybridized carbons (Fsp3) is 0.600. The van der Waals surface area contributed by atoms with E-state index in [0.29, 0.717) is 12.7 Å². The maximum absolute atomic E-state index is 5.79. The Bertz CT molecular complexity index is 350. The summed E-state index contributed by atoms with van der Waals surface area (Å²) in [5.41, 5.74) is 2.70. The molecule has 1 aromatic rings. The molecular weight excluding hydrogens is 226 g/mol. The zero-order chi connectivity index (χ0) is 12.6. The Morgan fingerprint density at radius 3 is 2.67 bits per heavy atom. The van der Waals surface area contributed by atoms with Crippen LogP contribution in [0.15, 0.2) is 24.3 Å². The van der Waals surface area contributed by atoms with Crippen molar-refractivity contribution in [3.05, 3.63) is 35.4 Å². The summed E-state index contributed by atoms with van der Waals surface area (Å²) in [4.78, 5) is 0. The Morgan fingerprint density at radius 2 is 2.00 bits per heavy atom. The Balaban J connectivity index is 1.79. The van der Waals surface area contributed by atoms with Gasteiger partial charge in [0.15, 0.2) is 0 Å². The predicted molar refractivity (Wildman–Crippen MR) is 72.7 cm³/mol. The van der Waals surface area contributed by atoms with E-state index < -0.39 is 0 Å². The normalized spacial score (nSPS) is 15.6. The summed E-state index contributed by atoms with van der Waals surface area (Å²) in [6.07, 6.45) is 2.56. The van der Waals surface area contributed by atoms with Gasteiger partial charge in [0.05, 0.1) is 19.8 Å². The van der Waals surface area contributed by atoms with Crippen LogP contribution in [0.4, 0.5) is 0 Å². The molecule has 100 valence electrons. The quantitative estimate of drug-likeness (QED) is 0.716. The minimum absolute atomic E-state index is 0.302. The van der Waals surface area contributed by atoms with Crippen molar-refractivity contribution >= 4 is 0 Å². The lowest BCUT2D eigenvalue weighted by Crippen LogP contribution is -2.35. The van der Waals surface area contributed by atoms with Crippen molar-refractivity contribution in [3.63, 3.8) is 0 Å². The number of rotatable bonds is 8. The van der Waals surface area contributed by atoms with E-state index in [1.165, 1.54) is 17.5 Å². The van der Waals surface area contributed by atoms with E-state index in [4.69, 9.17) is 9.47 Å². The maximum Gasteiger partial charge on any atom is 0.105 e. The maximum atomic E-state index is 5.79. The molecule has 2 rings (SSSR count). The summed E-state index contributed by atoms with van der Waals surface area (Å²) in [5, 5.41) is 3.44. The van der Waals surface area contributed by atoms with Crippen LogP contribution in [0.5, 0.6) is 0 Å². The lowest BCUT2D eigenvalue weighted by atomic mass is 10.1. The molecule has 0 unspecified atom stereocenters. The summed E-state index contributed by atoms with van der Waals surface area (Å²) in [7, 11) is 0. The Labute approximate surface area is 109 Å². The highest BCUT2D eigenvalue weighted by Crippen LogP contribution is 2.14. The molecule has 3 heteroatoms. The largest absolute Gasteiger partial charge is 0.376 e. The van der Waals surface area contributed by atoms with Gasteiger partial charge in [0.2, 0.25) is 0 Å². The zero-order valence-electron chi connectivity index (χ0n) is 11.2. The molecular formula is C15H23NO2. The highest BCUT2D eigenvalue weighted by molar-refractivity contribution is 5.26. The monoisotopic (exact) mass is 249 g/mol. The number of benzene rings is 1. The third-order valence-electron chi connectivity index (χ3n) is 3.20. The van der Waals surface area contributed by atoms with Gasteiger partial charge in [-0.05, 0) is 37.1 Å². The van der Waals surface area contributed by atoms with E-state index in [1.807, 2.05) is 0 Å². The molecule has 0 amide bonds. The summed E-state index contributed by atoms with van der Waals surface area (Å²) >= 11 is 0. The second kappa shape index (κ2) is 7.52. The predicted octanol–water partition coefficient (Wildman–Crippen LogP) is 2.14. The molecule has 1 N–H and O–H groups in total. The van der Waals surface area contributed by atoms with Gasteiger partial charge < -0.3 is 14.8 Å². The molecule has 1 heterocycles. The van der Waals surface area contributed by atoms with Crippen molar-refractivity contribution in [2.75, 3.05) is 26.3 Å². The molecule has 18 heavy (non-hydrogen) atoms. The molecule has 0 aliphatic carbocycles. The van der Waals surface area contributed by atoms with Gasteiger partial charge in [-0.3, -0.25) is 0 Å². The summed E-state index contributed by atoms with van der Waals surface area (Å²) in [6, 6.07) is 8.54. The van der Waals surface area contributed by atoms with Crippen LogP contribution in [0, 0.1) is 0 Å². The smallest absolute Gasteiger partial charge is 0.105 e. The fourth-order valence-corrected chi connectivity index (χ4v) is 1.98. The Kier molecular flexibility index (Phi) is 5.65. The molecule has 0 saturated carbocycles. The van der Waals surface area contributed by atoms with Gasteiger partial charge in [-0.1, -0.05) is 31.2 Å². The van der Waals surface area contributed by atoms with E-state index in [-0.39, 0.29) is 0 Å². The first-order valence-electron chi connectivity index (χ1n) is 6.87. The van der Waals surface area contributed by atoms with E-state index in [9.17, 15) is 0 Å². The lowest BCUT2D eigenvalue weighted by Gasteiger charge is -2.26. The van der Waals surface area contributed by atoms with Crippen LogP contribution in [0.1, 0.15) is 24.5 Å². The molecule has 0 aromatic heterocycles. The molecule has 1 aliphatic heterocycles. The van der Waals surface area contributed by atoms with E-state index in [0.717, 1.165) is 32.7 Å². The Hall–Kier alpha value is -0.900. The highest BCUT2D eigenvalue weighted by Gasteiger charge is 2.18.